The van der Waals surface area contributed by atoms with Crippen LogP contribution in [0, 0.1) is 11.7 Å². The summed E-state index contributed by atoms with van der Waals surface area (Å²) in [4.78, 5) is -0.265. The molecule has 2 N–H and O–H groups in total. The summed E-state index contributed by atoms with van der Waals surface area (Å²) in [6, 6.07) is 9.97. The van der Waals surface area contributed by atoms with Gasteiger partial charge in [0.15, 0.2) is 11.6 Å². The molecule has 0 amide bonds. The summed E-state index contributed by atoms with van der Waals surface area (Å²) in [5.41, 5.74) is 0.773. The van der Waals surface area contributed by atoms with Crippen molar-refractivity contribution in [1.82, 2.24) is 0 Å². The molecule has 1 fully saturated rings. The summed E-state index contributed by atoms with van der Waals surface area (Å²) in [6.45, 7) is 10.9. The summed E-state index contributed by atoms with van der Waals surface area (Å²) in [7, 11) is -8.68. The molecule has 42 heavy (non-hydrogen) atoms. The smallest absolute Gasteiger partial charge is 0.295 e. The standard InChI is InChI=1S/C31H40FNO7S2/c1-18(2)26-16-23(17-27(19(3)4)30(26)42(36,37)38)33-41(34,35)25-12-11-21-14-28(32)29(15-22(21)13-25)40-31(20(5)6)39-24-9-7-8-10-24/h11-20,24,31,33H,7-10H2,1-6H3,(H,36,37,38). The van der Waals surface area contributed by atoms with Crippen LogP contribution >= 0.6 is 0 Å². The normalized spacial score (nSPS) is 15.7. The maximum atomic E-state index is 15.0. The highest BCUT2D eigenvalue weighted by Crippen LogP contribution is 2.36. The highest BCUT2D eigenvalue weighted by molar-refractivity contribution is 7.92. The van der Waals surface area contributed by atoms with Gasteiger partial charge in [0.25, 0.3) is 20.1 Å². The summed E-state index contributed by atoms with van der Waals surface area (Å²) in [5, 5.41) is 0.961. The van der Waals surface area contributed by atoms with Crippen molar-refractivity contribution in [2.24, 2.45) is 5.92 Å². The van der Waals surface area contributed by atoms with Crippen LogP contribution in [0.4, 0.5) is 10.1 Å². The van der Waals surface area contributed by atoms with E-state index in [2.05, 4.69) is 4.72 Å². The third-order valence-electron chi connectivity index (χ3n) is 7.49. The van der Waals surface area contributed by atoms with Gasteiger partial charge in [0.05, 0.1) is 11.0 Å². The minimum absolute atomic E-state index is 0.0225. The second-order valence-electron chi connectivity index (χ2n) is 11.9. The van der Waals surface area contributed by atoms with Gasteiger partial charge in [-0.1, -0.05) is 60.5 Å². The van der Waals surface area contributed by atoms with E-state index in [1.54, 1.807) is 27.7 Å². The summed E-state index contributed by atoms with van der Waals surface area (Å²) in [5.74, 6) is -1.26. The molecule has 0 radical (unpaired) electrons. The van der Waals surface area contributed by atoms with E-state index in [4.69, 9.17) is 9.47 Å². The van der Waals surface area contributed by atoms with E-state index < -0.39 is 32.2 Å². The van der Waals surface area contributed by atoms with Crippen LogP contribution in [0.3, 0.4) is 0 Å². The van der Waals surface area contributed by atoms with Crippen molar-refractivity contribution in [1.29, 1.82) is 0 Å². The summed E-state index contributed by atoms with van der Waals surface area (Å²) < 4.78 is 91.1. The fourth-order valence-corrected chi connectivity index (χ4v) is 7.51. The molecule has 0 aliphatic heterocycles. The van der Waals surface area contributed by atoms with Crippen LogP contribution in [0.15, 0.2) is 52.3 Å². The molecular formula is C31H40FNO7S2. The SMILES string of the molecule is CC(C)c1cc(NS(=O)(=O)c2ccc3cc(F)c(OC(OC4CCCC4)C(C)C)cc3c2)cc(C(C)C)c1S(=O)(=O)O. The maximum absolute atomic E-state index is 15.0. The van der Waals surface area contributed by atoms with Crippen molar-refractivity contribution < 1.29 is 35.3 Å². The second-order valence-corrected chi connectivity index (χ2v) is 15.0. The van der Waals surface area contributed by atoms with Gasteiger partial charge in [-0.3, -0.25) is 9.27 Å². The molecule has 230 valence electrons. The fraction of sp³-hybridized carbons (Fsp3) is 0.484. The third kappa shape index (κ3) is 7.24. The Bertz CT molecular complexity index is 1630. The molecule has 0 bridgehead atoms. The van der Waals surface area contributed by atoms with Crippen molar-refractivity contribution in [3.05, 3.63) is 59.4 Å². The van der Waals surface area contributed by atoms with Crippen LogP contribution in [0.25, 0.3) is 10.8 Å². The van der Waals surface area contributed by atoms with Gasteiger partial charge >= 0.3 is 0 Å². The first kappa shape index (κ1) is 32.2. The monoisotopic (exact) mass is 621 g/mol. The van der Waals surface area contributed by atoms with Crippen LogP contribution in [0.2, 0.25) is 0 Å². The van der Waals surface area contributed by atoms with Crippen LogP contribution in [-0.2, 0) is 24.9 Å². The Morgan fingerprint density at radius 1 is 0.857 bits per heavy atom. The van der Waals surface area contributed by atoms with E-state index in [9.17, 15) is 21.4 Å². The van der Waals surface area contributed by atoms with Gasteiger partial charge in [-0.25, -0.2) is 12.8 Å². The first-order chi connectivity index (χ1) is 19.6. The Kier molecular flexibility index (Phi) is 9.56. The number of halogens is 1. The number of fused-ring (bicyclic) bond motifs is 1. The Labute approximate surface area is 248 Å². The van der Waals surface area contributed by atoms with Crippen molar-refractivity contribution in [3.63, 3.8) is 0 Å². The number of hydrogen-bond acceptors (Lipinski definition) is 6. The number of rotatable bonds is 11. The Morgan fingerprint density at radius 2 is 1.45 bits per heavy atom. The van der Waals surface area contributed by atoms with E-state index >= 15 is 4.39 Å². The van der Waals surface area contributed by atoms with E-state index in [-0.39, 0.29) is 45.1 Å². The highest BCUT2D eigenvalue weighted by Gasteiger charge is 2.27. The molecule has 0 saturated heterocycles. The number of anilines is 1. The van der Waals surface area contributed by atoms with Crippen molar-refractivity contribution in [2.75, 3.05) is 4.72 Å². The molecule has 3 aromatic carbocycles. The zero-order valence-electron chi connectivity index (χ0n) is 24.8. The molecular weight excluding hydrogens is 581 g/mol. The minimum atomic E-state index is -4.55. The minimum Gasteiger partial charge on any atom is -0.462 e. The molecule has 3 aromatic rings. The third-order valence-corrected chi connectivity index (χ3v) is 9.86. The molecule has 11 heteroatoms. The first-order valence-electron chi connectivity index (χ1n) is 14.3. The number of hydrogen-bond donors (Lipinski definition) is 2. The fourth-order valence-electron chi connectivity index (χ4n) is 5.25. The quantitative estimate of drug-likeness (QED) is 0.167. The van der Waals surface area contributed by atoms with Crippen molar-refractivity contribution in [2.45, 2.75) is 101 Å². The molecule has 1 atom stereocenters. The van der Waals surface area contributed by atoms with Gasteiger partial charge in [0.2, 0.25) is 6.29 Å². The van der Waals surface area contributed by atoms with Crippen molar-refractivity contribution in [3.8, 4) is 5.75 Å². The maximum Gasteiger partial charge on any atom is 0.295 e. The van der Waals surface area contributed by atoms with Crippen molar-refractivity contribution >= 4 is 36.6 Å². The zero-order chi connectivity index (χ0) is 31.0. The van der Waals surface area contributed by atoms with Gasteiger partial charge in [0.1, 0.15) is 4.90 Å². The van der Waals surface area contributed by atoms with Crippen LogP contribution in [0.5, 0.6) is 5.75 Å². The second kappa shape index (κ2) is 12.5. The summed E-state index contributed by atoms with van der Waals surface area (Å²) >= 11 is 0. The number of ether oxygens (including phenoxy) is 2. The van der Waals surface area contributed by atoms with Crippen LogP contribution in [-0.4, -0.2) is 33.8 Å². The van der Waals surface area contributed by atoms with Crippen LogP contribution in [0.1, 0.15) is 90.2 Å². The predicted octanol–water partition coefficient (Wildman–Crippen LogP) is 7.59. The molecule has 1 unspecified atom stereocenters. The van der Waals surface area contributed by atoms with E-state index in [0.29, 0.717) is 21.9 Å². The van der Waals surface area contributed by atoms with Gasteiger partial charge in [-0.15, -0.1) is 0 Å². The van der Waals surface area contributed by atoms with E-state index in [1.165, 1.54) is 42.5 Å². The Balaban J connectivity index is 1.69. The first-order valence-corrected chi connectivity index (χ1v) is 17.2. The molecule has 0 aromatic heterocycles. The topological polar surface area (TPSA) is 119 Å². The Morgan fingerprint density at radius 3 is 1.98 bits per heavy atom. The van der Waals surface area contributed by atoms with Gasteiger partial charge in [-0.05, 0) is 83.0 Å². The average Bonchev–Trinajstić information content (AvgIpc) is 3.40. The predicted molar refractivity (Wildman–Crippen MR) is 162 cm³/mol. The van der Waals surface area contributed by atoms with Gasteiger partial charge in [0, 0.05) is 11.6 Å². The lowest BCUT2D eigenvalue weighted by Crippen LogP contribution is -2.30. The zero-order valence-corrected chi connectivity index (χ0v) is 26.5. The van der Waals surface area contributed by atoms with E-state index in [0.717, 1.165) is 25.7 Å². The lowest BCUT2D eigenvalue weighted by Gasteiger charge is -2.26. The molecule has 0 heterocycles. The molecule has 8 nitrogen and oxygen atoms in total. The number of benzene rings is 3. The Hall–Kier alpha value is -2.73. The molecule has 1 saturated carbocycles. The molecule has 1 aliphatic rings. The number of nitrogens with one attached hydrogen (secondary N) is 1. The average molecular weight is 622 g/mol. The largest absolute Gasteiger partial charge is 0.462 e. The molecule has 1 aliphatic carbocycles. The van der Waals surface area contributed by atoms with Crippen LogP contribution < -0.4 is 9.46 Å². The summed E-state index contributed by atoms with van der Waals surface area (Å²) in [6.07, 6.45) is 3.49. The lowest BCUT2D eigenvalue weighted by atomic mass is 9.94. The van der Waals surface area contributed by atoms with Gasteiger partial charge < -0.3 is 9.47 Å². The van der Waals surface area contributed by atoms with E-state index in [1.807, 2.05) is 13.8 Å². The molecule has 0 spiro atoms. The molecule has 4 rings (SSSR count). The van der Waals surface area contributed by atoms with Gasteiger partial charge in [-0.2, -0.15) is 8.42 Å². The lowest BCUT2D eigenvalue weighted by molar-refractivity contribution is -0.141. The highest BCUT2D eigenvalue weighted by atomic mass is 32.2. The number of sulfonamides is 1.